The summed E-state index contributed by atoms with van der Waals surface area (Å²) in [7, 11) is 0. The van der Waals surface area contributed by atoms with Crippen LogP contribution in [0.4, 0.5) is 4.79 Å². The van der Waals surface area contributed by atoms with Crippen molar-refractivity contribution in [2.24, 2.45) is 5.92 Å². The average molecular weight is 196 g/mol. The summed E-state index contributed by atoms with van der Waals surface area (Å²) < 4.78 is 13.9. The van der Waals surface area contributed by atoms with Crippen molar-refractivity contribution < 1.29 is 23.8 Å². The zero-order valence-corrected chi connectivity index (χ0v) is 7.32. The van der Waals surface area contributed by atoms with E-state index >= 15 is 0 Å². The molecule has 0 spiro atoms. The van der Waals surface area contributed by atoms with E-state index < -0.39 is 12.3 Å². The first kappa shape index (κ1) is 8.88. The van der Waals surface area contributed by atoms with E-state index in [0.29, 0.717) is 13.0 Å². The highest BCUT2D eigenvalue weighted by atomic mass is 16.8. The van der Waals surface area contributed by atoms with Gasteiger partial charge in [-0.05, 0) is 0 Å². The molecule has 14 heavy (non-hydrogen) atoms. The van der Waals surface area contributed by atoms with Crippen LogP contribution in [0.3, 0.4) is 0 Å². The second-order valence-corrected chi connectivity index (χ2v) is 3.04. The number of cyclic esters (lactones) is 3. The second kappa shape index (κ2) is 3.58. The van der Waals surface area contributed by atoms with Crippen molar-refractivity contribution in [3.63, 3.8) is 0 Å². The topological polar surface area (TPSA) is 61.8 Å². The maximum absolute atomic E-state index is 10.7. The van der Waals surface area contributed by atoms with Gasteiger partial charge in [-0.1, -0.05) is 11.8 Å². The third-order valence-electron chi connectivity index (χ3n) is 1.90. The molecule has 2 unspecified atom stereocenters. The van der Waals surface area contributed by atoms with Crippen LogP contribution in [0.5, 0.6) is 0 Å². The smallest absolute Gasteiger partial charge is 0.464 e. The van der Waals surface area contributed by atoms with Gasteiger partial charge in [-0.25, -0.2) is 4.79 Å². The Morgan fingerprint density at radius 2 is 2.00 bits per heavy atom. The largest absolute Gasteiger partial charge is 0.509 e. The van der Waals surface area contributed by atoms with Crippen LogP contribution in [0.15, 0.2) is 0 Å². The highest BCUT2D eigenvalue weighted by molar-refractivity contribution is 5.72. The Balaban J connectivity index is 1.87. The second-order valence-electron chi connectivity index (χ2n) is 3.04. The van der Waals surface area contributed by atoms with E-state index in [4.69, 9.17) is 4.74 Å². The molecule has 5 nitrogen and oxygen atoms in total. The van der Waals surface area contributed by atoms with Crippen LogP contribution in [0.2, 0.25) is 0 Å². The Hall–Kier alpha value is -1.70. The normalized spacial score (nSPS) is 30.0. The Morgan fingerprint density at radius 1 is 1.14 bits per heavy atom. The Bertz CT molecular complexity index is 294. The first-order valence-electron chi connectivity index (χ1n) is 4.24. The molecular formula is C9H8O5. The zero-order chi connectivity index (χ0) is 9.97. The van der Waals surface area contributed by atoms with Gasteiger partial charge < -0.3 is 14.2 Å². The van der Waals surface area contributed by atoms with Gasteiger partial charge in [0, 0.05) is 0 Å². The minimum atomic E-state index is -0.692. The van der Waals surface area contributed by atoms with Crippen molar-refractivity contribution in [1.82, 2.24) is 0 Å². The molecule has 2 saturated heterocycles. The van der Waals surface area contributed by atoms with E-state index in [1.165, 1.54) is 0 Å². The molecule has 0 aromatic carbocycles. The van der Waals surface area contributed by atoms with Crippen LogP contribution in [-0.4, -0.2) is 31.4 Å². The molecule has 0 aromatic rings. The number of rotatable bonds is 0. The van der Waals surface area contributed by atoms with Crippen LogP contribution in [0.1, 0.15) is 6.42 Å². The molecule has 2 heterocycles. The first-order chi connectivity index (χ1) is 6.74. The van der Waals surface area contributed by atoms with E-state index in [9.17, 15) is 9.59 Å². The van der Waals surface area contributed by atoms with Crippen LogP contribution in [0.25, 0.3) is 0 Å². The summed E-state index contributed by atoms with van der Waals surface area (Å²) in [6.45, 7) is 0.487. The summed E-state index contributed by atoms with van der Waals surface area (Å²) >= 11 is 0. The molecule has 0 radical (unpaired) electrons. The van der Waals surface area contributed by atoms with E-state index in [1.807, 2.05) is 0 Å². The van der Waals surface area contributed by atoms with Crippen molar-refractivity contribution in [1.29, 1.82) is 0 Å². The van der Waals surface area contributed by atoms with E-state index in [2.05, 4.69) is 21.3 Å². The number of carbonyl (C=O) groups is 2. The molecule has 0 N–H and O–H groups in total. The predicted octanol–water partition coefficient (Wildman–Crippen LogP) is 0.0883. The number of ether oxygens (including phenoxy) is 3. The lowest BCUT2D eigenvalue weighted by Gasteiger charge is -1.95. The summed E-state index contributed by atoms with van der Waals surface area (Å²) in [5.41, 5.74) is 0. The number of esters is 1. The fraction of sp³-hybridized carbons (Fsp3) is 0.556. The fourth-order valence-electron chi connectivity index (χ4n) is 1.22. The standard InChI is InChI=1S/C9H8O5/c10-8-3-6(4-12-8)1-2-7-5-13-9(11)14-7/h6-7H,3-5H2. The minimum absolute atomic E-state index is 0.0817. The SMILES string of the molecule is O=C1CC(C#CC2COC(=O)O2)CO1. The Kier molecular flexibility index (Phi) is 2.27. The van der Waals surface area contributed by atoms with E-state index in [-0.39, 0.29) is 18.5 Å². The van der Waals surface area contributed by atoms with Gasteiger partial charge in [0.05, 0.1) is 12.3 Å². The van der Waals surface area contributed by atoms with Crippen LogP contribution in [-0.2, 0) is 19.0 Å². The van der Waals surface area contributed by atoms with Gasteiger partial charge in [-0.2, -0.15) is 0 Å². The zero-order valence-electron chi connectivity index (χ0n) is 7.32. The molecule has 74 valence electrons. The van der Waals surface area contributed by atoms with Crippen LogP contribution >= 0.6 is 0 Å². The van der Waals surface area contributed by atoms with Gasteiger partial charge in [-0.15, -0.1) is 0 Å². The van der Waals surface area contributed by atoms with Crippen molar-refractivity contribution >= 4 is 12.1 Å². The van der Waals surface area contributed by atoms with Crippen molar-refractivity contribution in [2.75, 3.05) is 13.2 Å². The molecule has 0 amide bonds. The van der Waals surface area contributed by atoms with E-state index in [0.717, 1.165) is 0 Å². The van der Waals surface area contributed by atoms with Crippen LogP contribution in [0, 0.1) is 17.8 Å². The summed E-state index contributed by atoms with van der Waals surface area (Å²) in [6.07, 6.45) is -0.879. The highest BCUT2D eigenvalue weighted by Gasteiger charge is 2.25. The van der Waals surface area contributed by atoms with Crippen LogP contribution < -0.4 is 0 Å². The lowest BCUT2D eigenvalue weighted by Crippen LogP contribution is -2.07. The third-order valence-corrected chi connectivity index (χ3v) is 1.90. The summed E-state index contributed by atoms with van der Waals surface area (Å²) in [4.78, 5) is 21.2. The van der Waals surface area contributed by atoms with Gasteiger partial charge in [0.25, 0.3) is 0 Å². The van der Waals surface area contributed by atoms with Gasteiger partial charge in [0.1, 0.15) is 13.2 Å². The van der Waals surface area contributed by atoms with Gasteiger partial charge in [0.2, 0.25) is 0 Å². The third kappa shape index (κ3) is 1.96. The summed E-state index contributed by atoms with van der Waals surface area (Å²) in [5, 5.41) is 0. The number of hydrogen-bond donors (Lipinski definition) is 0. The average Bonchev–Trinajstić information content (AvgIpc) is 2.72. The molecule has 2 atom stereocenters. The summed E-state index contributed by atoms with van der Waals surface area (Å²) in [5.74, 6) is 5.23. The lowest BCUT2D eigenvalue weighted by atomic mass is 10.1. The molecule has 2 fully saturated rings. The molecule has 2 aliphatic rings. The lowest BCUT2D eigenvalue weighted by molar-refractivity contribution is -0.137. The quantitative estimate of drug-likeness (QED) is 0.406. The Labute approximate surface area is 80.3 Å². The molecule has 0 aromatic heterocycles. The molecule has 2 aliphatic heterocycles. The minimum Gasteiger partial charge on any atom is -0.464 e. The highest BCUT2D eigenvalue weighted by Crippen LogP contribution is 2.13. The first-order valence-corrected chi connectivity index (χ1v) is 4.24. The van der Waals surface area contributed by atoms with Gasteiger partial charge in [0.15, 0.2) is 6.10 Å². The monoisotopic (exact) mass is 196 g/mol. The molecule has 5 heteroatoms. The molecule has 0 saturated carbocycles. The molecule has 2 rings (SSSR count). The number of carbonyl (C=O) groups excluding carboxylic acids is 2. The van der Waals surface area contributed by atoms with Crippen molar-refractivity contribution in [2.45, 2.75) is 12.5 Å². The van der Waals surface area contributed by atoms with Gasteiger partial charge in [-0.3, -0.25) is 4.79 Å². The van der Waals surface area contributed by atoms with Crippen molar-refractivity contribution in [3.05, 3.63) is 0 Å². The Morgan fingerprint density at radius 3 is 2.57 bits per heavy atom. The maximum atomic E-state index is 10.7. The van der Waals surface area contributed by atoms with E-state index in [1.54, 1.807) is 0 Å². The fourth-order valence-corrected chi connectivity index (χ4v) is 1.22. The summed E-state index contributed by atoms with van der Waals surface area (Å²) in [6, 6.07) is 0. The maximum Gasteiger partial charge on any atom is 0.509 e. The molecule has 0 aliphatic carbocycles. The van der Waals surface area contributed by atoms with Gasteiger partial charge >= 0.3 is 12.1 Å². The molecule has 0 bridgehead atoms. The number of hydrogen-bond acceptors (Lipinski definition) is 5. The molecular weight excluding hydrogens is 188 g/mol. The predicted molar refractivity (Wildman–Crippen MR) is 43.1 cm³/mol. The van der Waals surface area contributed by atoms with Crippen molar-refractivity contribution in [3.8, 4) is 11.8 Å².